The Morgan fingerprint density at radius 1 is 1.13 bits per heavy atom. The number of Topliss-reactive ketones (excluding diaryl/α,β-unsaturated/α-hetero) is 1. The average Bonchev–Trinajstić information content (AvgIpc) is 3.36. The van der Waals surface area contributed by atoms with Crippen LogP contribution in [0.15, 0.2) is 54.1 Å². The van der Waals surface area contributed by atoms with Crippen LogP contribution < -0.4 is 4.74 Å². The summed E-state index contributed by atoms with van der Waals surface area (Å²) in [6, 6.07) is 13.3. The van der Waals surface area contributed by atoms with Gasteiger partial charge in [-0.05, 0) is 61.7 Å². The molecule has 2 fully saturated rings. The molecule has 1 aliphatic carbocycles. The van der Waals surface area contributed by atoms with E-state index in [4.69, 9.17) is 16.3 Å². The number of likely N-dealkylation sites (tertiary alicyclic amines) is 1. The zero-order valence-electron chi connectivity index (χ0n) is 16.8. The minimum Gasteiger partial charge on any atom is -0.507 e. The van der Waals surface area contributed by atoms with Crippen LogP contribution in [0, 0.1) is 0 Å². The number of aliphatic hydroxyl groups is 1. The summed E-state index contributed by atoms with van der Waals surface area (Å²) in [7, 11) is 0. The van der Waals surface area contributed by atoms with Gasteiger partial charge in [0.25, 0.3) is 11.7 Å². The number of rotatable bonds is 5. The second-order valence-corrected chi connectivity index (χ2v) is 8.09. The number of carbonyl (C=O) groups excluding carboxylic acids is 2. The van der Waals surface area contributed by atoms with Gasteiger partial charge in [-0.25, -0.2) is 0 Å². The first-order chi connectivity index (χ1) is 14.5. The summed E-state index contributed by atoms with van der Waals surface area (Å²) in [5.74, 6) is -0.721. The quantitative estimate of drug-likeness (QED) is 0.411. The Hall–Kier alpha value is -2.79. The van der Waals surface area contributed by atoms with E-state index >= 15 is 0 Å². The van der Waals surface area contributed by atoms with E-state index in [-0.39, 0.29) is 17.4 Å². The maximum atomic E-state index is 13.1. The molecule has 6 heteroatoms. The van der Waals surface area contributed by atoms with Crippen LogP contribution in [0.2, 0.25) is 5.02 Å². The van der Waals surface area contributed by atoms with Gasteiger partial charge in [-0.3, -0.25) is 9.59 Å². The van der Waals surface area contributed by atoms with Crippen molar-refractivity contribution in [2.75, 3.05) is 6.61 Å². The zero-order valence-corrected chi connectivity index (χ0v) is 17.6. The van der Waals surface area contributed by atoms with E-state index in [1.165, 1.54) is 0 Å². The lowest BCUT2D eigenvalue weighted by atomic mass is 9.94. The van der Waals surface area contributed by atoms with Crippen molar-refractivity contribution in [2.24, 2.45) is 0 Å². The summed E-state index contributed by atoms with van der Waals surface area (Å²) in [4.78, 5) is 27.8. The highest BCUT2D eigenvalue weighted by molar-refractivity contribution is 6.46. The zero-order chi connectivity index (χ0) is 21.3. The molecule has 1 N–H and O–H groups in total. The molecule has 1 heterocycles. The topological polar surface area (TPSA) is 66.8 Å². The molecule has 1 aliphatic heterocycles. The molecular weight excluding hydrogens is 402 g/mol. The third-order valence-electron chi connectivity index (χ3n) is 5.80. The maximum Gasteiger partial charge on any atom is 0.295 e. The van der Waals surface area contributed by atoms with Crippen molar-refractivity contribution < 1.29 is 19.4 Å². The number of ketones is 1. The first kappa shape index (κ1) is 20.5. The highest BCUT2D eigenvalue weighted by Crippen LogP contribution is 2.44. The molecule has 1 atom stereocenters. The lowest BCUT2D eigenvalue weighted by molar-refractivity contribution is -0.141. The van der Waals surface area contributed by atoms with E-state index < -0.39 is 17.7 Å². The number of nitrogens with zero attached hydrogens (tertiary/aromatic N) is 1. The van der Waals surface area contributed by atoms with Crippen LogP contribution in [-0.4, -0.2) is 34.3 Å². The Balaban J connectivity index is 1.87. The molecule has 1 amide bonds. The van der Waals surface area contributed by atoms with Gasteiger partial charge in [0.15, 0.2) is 0 Å². The minimum atomic E-state index is -0.652. The van der Waals surface area contributed by atoms with E-state index in [9.17, 15) is 14.7 Å². The Bertz CT molecular complexity index is 993. The Kier molecular flexibility index (Phi) is 5.82. The molecule has 1 unspecified atom stereocenters. The van der Waals surface area contributed by atoms with Crippen molar-refractivity contribution in [3.05, 3.63) is 70.3 Å². The van der Waals surface area contributed by atoms with Crippen LogP contribution in [0.5, 0.6) is 5.75 Å². The Morgan fingerprint density at radius 2 is 1.83 bits per heavy atom. The summed E-state index contributed by atoms with van der Waals surface area (Å²) in [5, 5.41) is 11.6. The predicted molar refractivity (Wildman–Crippen MR) is 115 cm³/mol. The largest absolute Gasteiger partial charge is 0.507 e. The van der Waals surface area contributed by atoms with Crippen molar-refractivity contribution in [2.45, 2.75) is 44.7 Å². The van der Waals surface area contributed by atoms with Crippen LogP contribution in [-0.2, 0) is 9.59 Å². The van der Waals surface area contributed by atoms with Crippen molar-refractivity contribution in [3.63, 3.8) is 0 Å². The summed E-state index contributed by atoms with van der Waals surface area (Å²) in [6.07, 6.45) is 3.76. The third-order valence-corrected chi connectivity index (χ3v) is 6.05. The van der Waals surface area contributed by atoms with E-state index in [0.29, 0.717) is 22.9 Å². The van der Waals surface area contributed by atoms with Gasteiger partial charge in [0.2, 0.25) is 0 Å². The Morgan fingerprint density at radius 3 is 2.50 bits per heavy atom. The average molecular weight is 426 g/mol. The van der Waals surface area contributed by atoms with Crippen LogP contribution in [0.1, 0.15) is 49.8 Å². The maximum absolute atomic E-state index is 13.1. The lowest BCUT2D eigenvalue weighted by Gasteiger charge is -2.31. The number of hydrogen-bond acceptors (Lipinski definition) is 4. The molecule has 0 spiro atoms. The highest BCUT2D eigenvalue weighted by Gasteiger charge is 2.49. The number of amides is 1. The van der Waals surface area contributed by atoms with Gasteiger partial charge in [0.05, 0.1) is 18.2 Å². The number of hydrogen-bond donors (Lipinski definition) is 1. The predicted octanol–water partition coefficient (Wildman–Crippen LogP) is 5.10. The van der Waals surface area contributed by atoms with Crippen LogP contribution in [0.3, 0.4) is 0 Å². The van der Waals surface area contributed by atoms with Gasteiger partial charge in [0, 0.05) is 16.6 Å². The van der Waals surface area contributed by atoms with Crippen LogP contribution >= 0.6 is 11.6 Å². The highest BCUT2D eigenvalue weighted by atomic mass is 35.5. The van der Waals surface area contributed by atoms with E-state index in [0.717, 1.165) is 31.2 Å². The fourth-order valence-corrected chi connectivity index (χ4v) is 4.57. The van der Waals surface area contributed by atoms with E-state index in [1.807, 2.05) is 31.2 Å². The third kappa shape index (κ3) is 3.70. The number of ether oxygens (including phenoxy) is 1. The summed E-state index contributed by atoms with van der Waals surface area (Å²) in [5.41, 5.74) is 1.32. The number of halogens is 1. The minimum absolute atomic E-state index is 0.0160. The molecule has 1 saturated heterocycles. The molecular formula is C24H24ClNO4. The Labute approximate surface area is 180 Å². The van der Waals surface area contributed by atoms with Crippen molar-refractivity contribution in [1.29, 1.82) is 0 Å². The second-order valence-electron chi connectivity index (χ2n) is 7.66. The summed E-state index contributed by atoms with van der Waals surface area (Å²) < 4.78 is 5.63. The molecule has 0 bridgehead atoms. The molecule has 2 aromatic carbocycles. The monoisotopic (exact) mass is 425 g/mol. The van der Waals surface area contributed by atoms with Gasteiger partial charge in [-0.1, -0.05) is 36.6 Å². The van der Waals surface area contributed by atoms with Crippen molar-refractivity contribution >= 4 is 29.1 Å². The molecule has 2 aliphatic rings. The van der Waals surface area contributed by atoms with Gasteiger partial charge in [-0.2, -0.15) is 0 Å². The molecule has 30 heavy (non-hydrogen) atoms. The number of aliphatic hydroxyl groups excluding tert-OH is 1. The smallest absolute Gasteiger partial charge is 0.295 e. The standard InChI is InChI=1S/C24H24ClNO4/c1-2-30-19-9-5-6-16(14-19)21-20(22(27)15-10-12-17(25)13-11-15)23(28)24(29)26(21)18-7-3-4-8-18/h5-6,9-14,18,21,27H,2-4,7-8H2,1H3/b22-20-. The van der Waals surface area contributed by atoms with Crippen LogP contribution in [0.25, 0.3) is 5.76 Å². The second kappa shape index (κ2) is 8.52. The molecule has 1 saturated carbocycles. The van der Waals surface area contributed by atoms with Crippen molar-refractivity contribution in [3.8, 4) is 5.75 Å². The lowest BCUT2D eigenvalue weighted by Crippen LogP contribution is -2.37. The van der Waals surface area contributed by atoms with E-state index in [1.54, 1.807) is 29.2 Å². The fourth-order valence-electron chi connectivity index (χ4n) is 4.44. The normalized spacial score (nSPS) is 21.4. The van der Waals surface area contributed by atoms with Gasteiger partial charge >= 0.3 is 0 Å². The van der Waals surface area contributed by atoms with Gasteiger partial charge in [-0.15, -0.1) is 0 Å². The van der Waals surface area contributed by atoms with Gasteiger partial charge in [0.1, 0.15) is 11.5 Å². The van der Waals surface area contributed by atoms with Crippen molar-refractivity contribution in [1.82, 2.24) is 4.90 Å². The fraction of sp³-hybridized carbons (Fsp3) is 0.333. The summed E-state index contributed by atoms with van der Waals surface area (Å²) in [6.45, 7) is 2.41. The molecule has 0 aromatic heterocycles. The first-order valence-corrected chi connectivity index (χ1v) is 10.7. The van der Waals surface area contributed by atoms with Crippen LogP contribution in [0.4, 0.5) is 0 Å². The number of carbonyl (C=O) groups is 2. The first-order valence-electron chi connectivity index (χ1n) is 10.3. The summed E-state index contributed by atoms with van der Waals surface area (Å²) >= 11 is 5.97. The SMILES string of the molecule is CCOc1cccc(C2/C(=C(/O)c3ccc(Cl)cc3)C(=O)C(=O)N2C2CCCC2)c1. The number of benzene rings is 2. The van der Waals surface area contributed by atoms with E-state index in [2.05, 4.69) is 0 Å². The molecule has 0 radical (unpaired) electrons. The molecule has 4 rings (SSSR count). The van der Waals surface area contributed by atoms with Gasteiger partial charge < -0.3 is 14.7 Å². The molecule has 156 valence electrons. The molecule has 2 aromatic rings. The molecule has 5 nitrogen and oxygen atoms in total.